The number of hydrogen-bond acceptors (Lipinski definition) is 3. The molecule has 0 bridgehead atoms. The molecule has 2 N–H and O–H groups in total. The zero-order chi connectivity index (χ0) is 12.4. The van der Waals surface area contributed by atoms with Crippen molar-refractivity contribution in [2.75, 3.05) is 19.9 Å². The van der Waals surface area contributed by atoms with Crippen LogP contribution in [0.5, 0.6) is 0 Å². The van der Waals surface area contributed by atoms with Crippen molar-refractivity contribution in [1.82, 2.24) is 0 Å². The number of halogens is 1. The number of carbonyl (C=O) groups excluding carboxylic acids is 1. The molecule has 1 radical (unpaired) electrons. The van der Waals surface area contributed by atoms with Crippen molar-refractivity contribution < 1.29 is 18.7 Å². The van der Waals surface area contributed by atoms with Crippen molar-refractivity contribution in [2.24, 2.45) is 11.1 Å². The molecule has 1 aliphatic carbocycles. The summed E-state index contributed by atoms with van der Waals surface area (Å²) in [4.78, 5) is 11.1. The summed E-state index contributed by atoms with van der Waals surface area (Å²) >= 11 is 0. The van der Waals surface area contributed by atoms with Gasteiger partial charge in [-0.05, 0) is 24.7 Å². The van der Waals surface area contributed by atoms with E-state index in [0.29, 0.717) is 38.9 Å². The first-order valence-corrected chi connectivity index (χ1v) is 6.06. The molecule has 1 spiro atoms. The van der Waals surface area contributed by atoms with Crippen molar-refractivity contribution in [3.63, 3.8) is 0 Å². The van der Waals surface area contributed by atoms with E-state index < -0.39 is 17.9 Å². The summed E-state index contributed by atoms with van der Waals surface area (Å²) in [6.07, 6.45) is 4.60. The summed E-state index contributed by atoms with van der Waals surface area (Å²) < 4.78 is 23.8. The molecule has 2 fully saturated rings. The third kappa shape index (κ3) is 2.77. The molecule has 1 saturated carbocycles. The van der Waals surface area contributed by atoms with E-state index in [1.165, 1.54) is 0 Å². The number of hydrogen-bond donors (Lipinski definition) is 1. The first kappa shape index (κ1) is 12.8. The summed E-state index contributed by atoms with van der Waals surface area (Å²) in [5, 5.41) is 0. The molecule has 17 heavy (non-hydrogen) atoms. The maximum absolute atomic E-state index is 12.6. The van der Waals surface area contributed by atoms with Crippen molar-refractivity contribution in [3.05, 3.63) is 6.42 Å². The average Bonchev–Trinajstić information content (AvgIpc) is 2.72. The van der Waals surface area contributed by atoms with Crippen LogP contribution in [0.2, 0.25) is 0 Å². The second kappa shape index (κ2) is 4.90. The van der Waals surface area contributed by atoms with Crippen LogP contribution < -0.4 is 5.73 Å². The average molecular weight is 244 g/mol. The number of amides is 1. The van der Waals surface area contributed by atoms with Crippen LogP contribution in [0.15, 0.2) is 0 Å². The van der Waals surface area contributed by atoms with Gasteiger partial charge in [0.2, 0.25) is 5.91 Å². The smallest absolute Gasteiger partial charge is 0.217 e. The number of carbonyl (C=O) groups is 1. The van der Waals surface area contributed by atoms with E-state index in [0.717, 1.165) is 0 Å². The summed E-state index contributed by atoms with van der Waals surface area (Å²) in [6, 6.07) is 0. The highest BCUT2D eigenvalue weighted by Crippen LogP contribution is 2.48. The van der Waals surface area contributed by atoms with Gasteiger partial charge in [0.15, 0.2) is 5.79 Å². The Balaban J connectivity index is 1.99. The first-order chi connectivity index (χ1) is 8.10. The molecule has 97 valence electrons. The normalized spacial score (nSPS) is 26.2. The molecular weight excluding hydrogens is 225 g/mol. The lowest BCUT2D eigenvalue weighted by Gasteiger charge is -2.42. The minimum atomic E-state index is -0.526. The summed E-state index contributed by atoms with van der Waals surface area (Å²) in [6.45, 7) is 0.716. The fourth-order valence-electron chi connectivity index (χ4n) is 2.88. The Morgan fingerprint density at radius 2 is 1.82 bits per heavy atom. The fourth-order valence-corrected chi connectivity index (χ4v) is 2.88. The van der Waals surface area contributed by atoms with Crippen molar-refractivity contribution in [2.45, 2.75) is 37.9 Å². The zero-order valence-electron chi connectivity index (χ0n) is 9.91. The molecule has 2 rings (SSSR count). The quantitative estimate of drug-likeness (QED) is 0.811. The van der Waals surface area contributed by atoms with Gasteiger partial charge in [-0.15, -0.1) is 0 Å². The topological polar surface area (TPSA) is 61.6 Å². The zero-order valence-corrected chi connectivity index (χ0v) is 9.91. The van der Waals surface area contributed by atoms with E-state index >= 15 is 0 Å². The van der Waals surface area contributed by atoms with Crippen molar-refractivity contribution in [1.29, 1.82) is 0 Å². The van der Waals surface area contributed by atoms with Crippen LogP contribution in [0.3, 0.4) is 0 Å². The standard InChI is InChI=1S/C12H19FNO3/c13-6-5-11(9-10(14)15)1-3-12(4-2-11)16-7-8-17-12/h5H,1-4,6-9H2,(H2,14,15). The molecule has 0 atom stereocenters. The second-order valence-corrected chi connectivity index (χ2v) is 4.97. The van der Waals surface area contributed by atoms with E-state index in [4.69, 9.17) is 15.2 Å². The Morgan fingerprint density at radius 3 is 2.29 bits per heavy atom. The lowest BCUT2D eigenvalue weighted by Crippen LogP contribution is -2.42. The Kier molecular flexibility index (Phi) is 3.68. The highest BCUT2D eigenvalue weighted by atomic mass is 19.1. The number of alkyl halides is 1. The molecule has 4 nitrogen and oxygen atoms in total. The van der Waals surface area contributed by atoms with Crippen LogP contribution in [0.1, 0.15) is 32.1 Å². The van der Waals surface area contributed by atoms with E-state index in [2.05, 4.69) is 0 Å². The van der Waals surface area contributed by atoms with Gasteiger partial charge >= 0.3 is 0 Å². The van der Waals surface area contributed by atoms with E-state index in [1.54, 1.807) is 6.42 Å². The van der Waals surface area contributed by atoms with E-state index in [-0.39, 0.29) is 12.3 Å². The molecule has 1 heterocycles. The van der Waals surface area contributed by atoms with E-state index in [9.17, 15) is 9.18 Å². The van der Waals surface area contributed by atoms with Crippen molar-refractivity contribution in [3.8, 4) is 0 Å². The predicted molar refractivity (Wildman–Crippen MR) is 59.6 cm³/mol. The summed E-state index contributed by atoms with van der Waals surface area (Å²) in [5.74, 6) is -0.857. The van der Waals surface area contributed by atoms with Crippen LogP contribution in [0.4, 0.5) is 4.39 Å². The van der Waals surface area contributed by atoms with Gasteiger partial charge in [0.25, 0.3) is 0 Å². The minimum absolute atomic E-state index is 0.215. The van der Waals surface area contributed by atoms with Gasteiger partial charge in [0.05, 0.1) is 19.9 Å². The van der Waals surface area contributed by atoms with Crippen LogP contribution in [0, 0.1) is 11.8 Å². The SMILES string of the molecule is NC(=O)CC1([CH]CF)CCC2(CC1)OCCO2. The van der Waals surface area contributed by atoms with E-state index in [1.807, 2.05) is 0 Å². The second-order valence-electron chi connectivity index (χ2n) is 4.97. The van der Waals surface area contributed by atoms with Gasteiger partial charge in [-0.1, -0.05) is 0 Å². The highest BCUT2D eigenvalue weighted by molar-refractivity contribution is 5.74. The van der Waals surface area contributed by atoms with Gasteiger partial charge < -0.3 is 15.2 Å². The van der Waals surface area contributed by atoms with Gasteiger partial charge in [0.1, 0.15) is 0 Å². The Bertz CT molecular complexity index is 279. The maximum Gasteiger partial charge on any atom is 0.217 e. The fraction of sp³-hybridized carbons (Fsp3) is 0.833. The lowest BCUT2D eigenvalue weighted by atomic mass is 9.68. The molecule has 0 aromatic rings. The molecular formula is C12H19FNO3. The predicted octanol–water partition coefficient (Wildman–Crippen LogP) is 1.34. The minimum Gasteiger partial charge on any atom is -0.370 e. The Hall–Kier alpha value is -0.680. The summed E-state index contributed by atoms with van der Waals surface area (Å²) in [7, 11) is 0. The molecule has 1 saturated heterocycles. The van der Waals surface area contributed by atoms with Crippen LogP contribution in [0.25, 0.3) is 0 Å². The third-order valence-corrected chi connectivity index (χ3v) is 3.86. The molecule has 0 aromatic carbocycles. The molecule has 0 unspecified atom stereocenters. The Labute approximate surface area is 101 Å². The highest BCUT2D eigenvalue weighted by Gasteiger charge is 2.46. The number of ether oxygens (including phenoxy) is 2. The Morgan fingerprint density at radius 1 is 1.24 bits per heavy atom. The lowest BCUT2D eigenvalue weighted by molar-refractivity contribution is -0.190. The van der Waals surface area contributed by atoms with Crippen LogP contribution in [-0.2, 0) is 14.3 Å². The van der Waals surface area contributed by atoms with Gasteiger partial charge in [0, 0.05) is 19.3 Å². The van der Waals surface area contributed by atoms with Crippen LogP contribution >= 0.6 is 0 Å². The number of nitrogens with two attached hydrogens (primary N) is 1. The maximum atomic E-state index is 12.6. The van der Waals surface area contributed by atoms with Gasteiger partial charge in [-0.25, -0.2) is 0 Å². The molecule has 1 amide bonds. The molecule has 5 heteroatoms. The first-order valence-electron chi connectivity index (χ1n) is 6.06. The summed E-state index contributed by atoms with van der Waals surface area (Å²) in [5.41, 5.74) is 4.84. The van der Waals surface area contributed by atoms with Gasteiger partial charge in [-0.3, -0.25) is 9.18 Å². The molecule has 0 aromatic heterocycles. The largest absolute Gasteiger partial charge is 0.370 e. The number of rotatable bonds is 4. The molecule has 2 aliphatic rings. The number of primary amides is 1. The third-order valence-electron chi connectivity index (χ3n) is 3.86. The van der Waals surface area contributed by atoms with Crippen LogP contribution in [-0.4, -0.2) is 31.6 Å². The molecule has 1 aliphatic heterocycles. The van der Waals surface area contributed by atoms with Crippen molar-refractivity contribution >= 4 is 5.91 Å². The van der Waals surface area contributed by atoms with Gasteiger partial charge in [-0.2, -0.15) is 0 Å². The monoisotopic (exact) mass is 244 g/mol.